The monoisotopic (exact) mass is 100 g/mol. The Balaban J connectivity index is 2.98. The van der Waals surface area contributed by atoms with Crippen molar-refractivity contribution in [2.45, 2.75) is 20.3 Å². The summed E-state index contributed by atoms with van der Waals surface area (Å²) in [5.41, 5.74) is 6.46. The minimum atomic E-state index is 0.595. The second-order valence-electron chi connectivity index (χ2n) is 1.85. The van der Waals surface area contributed by atoms with Gasteiger partial charge in [0.1, 0.15) is 0 Å². The zero-order valence-electron chi connectivity index (χ0n) is 4.94. The van der Waals surface area contributed by atoms with Crippen molar-refractivity contribution in [1.82, 2.24) is 0 Å². The van der Waals surface area contributed by atoms with Crippen LogP contribution in [0, 0.1) is 11.4 Å². The molecule has 0 heterocycles. The highest BCUT2D eigenvalue weighted by Crippen LogP contribution is 1.98. The Morgan fingerprint density at radius 2 is 2.29 bits per heavy atom. The molecular weight excluding hydrogens is 88.1 g/mol. The summed E-state index contributed by atoms with van der Waals surface area (Å²) >= 11 is 0. The van der Waals surface area contributed by atoms with E-state index in [0.717, 1.165) is 6.42 Å². The number of nitrogens with zero attached hydrogens (tertiary/aromatic N) is 1. The molecule has 0 aromatic rings. The third kappa shape index (κ3) is 3.43. The van der Waals surface area contributed by atoms with Gasteiger partial charge in [0.15, 0.2) is 0 Å². The lowest BCUT2D eigenvalue weighted by Crippen LogP contribution is -1.94. The third-order valence-electron chi connectivity index (χ3n) is 1.10. The molecule has 1 atom stereocenters. The normalized spacial score (nSPS) is 13.4. The molecule has 1 unspecified atom stereocenters. The molecule has 0 fully saturated rings. The molecular formula is C5H12N2. The van der Waals surface area contributed by atoms with Crippen LogP contribution in [0.1, 0.15) is 20.3 Å². The predicted octanol–water partition coefficient (Wildman–Crippen LogP) is 2.06. The number of hydrogen-bond acceptors (Lipinski definition) is 2. The fourth-order valence-corrected chi connectivity index (χ4v) is 0.285. The fraction of sp³-hybridized carbons (Fsp3) is 1.00. The van der Waals surface area contributed by atoms with Crippen molar-refractivity contribution in [3.63, 3.8) is 0 Å². The van der Waals surface area contributed by atoms with Gasteiger partial charge in [-0.1, -0.05) is 20.3 Å². The SMILES string of the molecule is CCC(C)CN=N. The first-order valence-electron chi connectivity index (χ1n) is 2.64. The van der Waals surface area contributed by atoms with E-state index in [1.165, 1.54) is 0 Å². The van der Waals surface area contributed by atoms with Crippen LogP contribution in [0.2, 0.25) is 0 Å². The van der Waals surface area contributed by atoms with Gasteiger partial charge in [-0.3, -0.25) is 0 Å². The predicted molar refractivity (Wildman–Crippen MR) is 29.5 cm³/mol. The number of hydrogen-bond donors (Lipinski definition) is 1. The second kappa shape index (κ2) is 3.78. The van der Waals surface area contributed by atoms with E-state index in [1.54, 1.807) is 0 Å². The lowest BCUT2D eigenvalue weighted by Gasteiger charge is -1.98. The molecule has 0 saturated carbocycles. The Kier molecular flexibility index (Phi) is 3.56. The third-order valence-corrected chi connectivity index (χ3v) is 1.10. The van der Waals surface area contributed by atoms with Crippen LogP contribution in [0.4, 0.5) is 0 Å². The van der Waals surface area contributed by atoms with Crippen LogP contribution in [0.15, 0.2) is 5.11 Å². The van der Waals surface area contributed by atoms with Crippen LogP contribution in [-0.4, -0.2) is 6.54 Å². The molecule has 0 rings (SSSR count). The highest BCUT2D eigenvalue weighted by Gasteiger charge is 1.92. The van der Waals surface area contributed by atoms with Crippen LogP contribution in [0.3, 0.4) is 0 Å². The minimum absolute atomic E-state index is 0.595. The Bertz CT molecular complexity index is 52.0. The molecule has 0 spiro atoms. The molecule has 2 heteroatoms. The van der Waals surface area contributed by atoms with Gasteiger partial charge in [0.25, 0.3) is 0 Å². The van der Waals surface area contributed by atoms with Gasteiger partial charge >= 0.3 is 0 Å². The Labute approximate surface area is 44.4 Å². The van der Waals surface area contributed by atoms with Gasteiger partial charge in [0, 0.05) is 0 Å². The maximum atomic E-state index is 6.46. The van der Waals surface area contributed by atoms with Crippen molar-refractivity contribution in [1.29, 1.82) is 5.53 Å². The van der Waals surface area contributed by atoms with Gasteiger partial charge in [-0.2, -0.15) is 5.11 Å². The molecule has 2 nitrogen and oxygen atoms in total. The maximum absolute atomic E-state index is 6.46. The molecule has 0 aliphatic carbocycles. The van der Waals surface area contributed by atoms with E-state index in [4.69, 9.17) is 5.53 Å². The number of rotatable bonds is 3. The maximum Gasteiger partial charge on any atom is 0.0621 e. The molecule has 0 saturated heterocycles. The first kappa shape index (κ1) is 6.60. The Hall–Kier alpha value is -0.400. The van der Waals surface area contributed by atoms with Gasteiger partial charge in [-0.15, -0.1) is 0 Å². The Morgan fingerprint density at radius 3 is 2.43 bits per heavy atom. The molecule has 0 radical (unpaired) electrons. The van der Waals surface area contributed by atoms with Crippen molar-refractivity contribution in [3.8, 4) is 0 Å². The van der Waals surface area contributed by atoms with Gasteiger partial charge in [-0.05, 0) is 5.92 Å². The fourth-order valence-electron chi connectivity index (χ4n) is 0.285. The summed E-state index contributed by atoms with van der Waals surface area (Å²) in [6.07, 6.45) is 1.13. The summed E-state index contributed by atoms with van der Waals surface area (Å²) in [7, 11) is 0. The second-order valence-corrected chi connectivity index (χ2v) is 1.85. The first-order chi connectivity index (χ1) is 3.31. The van der Waals surface area contributed by atoms with Crippen LogP contribution >= 0.6 is 0 Å². The van der Waals surface area contributed by atoms with Crippen LogP contribution < -0.4 is 0 Å². The lowest BCUT2D eigenvalue weighted by atomic mass is 10.1. The van der Waals surface area contributed by atoms with Crippen molar-refractivity contribution < 1.29 is 0 Å². The van der Waals surface area contributed by atoms with Crippen molar-refractivity contribution in [2.75, 3.05) is 6.54 Å². The average Bonchev–Trinajstić information content (AvgIpc) is 1.68. The molecule has 0 bridgehead atoms. The molecule has 1 N–H and O–H groups in total. The molecule has 0 aliphatic heterocycles. The topological polar surface area (TPSA) is 36.2 Å². The zero-order chi connectivity index (χ0) is 5.70. The highest BCUT2D eigenvalue weighted by molar-refractivity contribution is 4.47. The van der Waals surface area contributed by atoms with E-state index in [9.17, 15) is 0 Å². The van der Waals surface area contributed by atoms with E-state index < -0.39 is 0 Å². The Morgan fingerprint density at radius 1 is 1.71 bits per heavy atom. The molecule has 0 aromatic heterocycles. The largest absolute Gasteiger partial charge is 0.210 e. The quantitative estimate of drug-likeness (QED) is 0.527. The summed E-state index contributed by atoms with van der Waals surface area (Å²) < 4.78 is 0. The first-order valence-corrected chi connectivity index (χ1v) is 2.64. The van der Waals surface area contributed by atoms with E-state index in [2.05, 4.69) is 19.0 Å². The summed E-state index contributed by atoms with van der Waals surface area (Å²) in [6.45, 7) is 4.89. The molecule has 0 amide bonds. The summed E-state index contributed by atoms with van der Waals surface area (Å²) in [5.74, 6) is 0.595. The van der Waals surface area contributed by atoms with E-state index in [0.29, 0.717) is 12.5 Å². The standard InChI is InChI=1S/C5H12N2/c1-3-5(2)4-7-6/h5-6H,3-4H2,1-2H3. The average molecular weight is 100 g/mol. The molecule has 42 valence electrons. The minimum Gasteiger partial charge on any atom is -0.210 e. The van der Waals surface area contributed by atoms with Crippen molar-refractivity contribution >= 4 is 0 Å². The summed E-state index contributed by atoms with van der Waals surface area (Å²) in [4.78, 5) is 0. The van der Waals surface area contributed by atoms with E-state index in [-0.39, 0.29) is 0 Å². The summed E-state index contributed by atoms with van der Waals surface area (Å²) in [5, 5.41) is 3.26. The van der Waals surface area contributed by atoms with Crippen LogP contribution in [0.25, 0.3) is 0 Å². The van der Waals surface area contributed by atoms with Crippen molar-refractivity contribution in [2.24, 2.45) is 11.0 Å². The molecule has 0 aromatic carbocycles. The van der Waals surface area contributed by atoms with Crippen molar-refractivity contribution in [3.05, 3.63) is 0 Å². The molecule has 7 heavy (non-hydrogen) atoms. The highest BCUT2D eigenvalue weighted by atomic mass is 14.9. The summed E-state index contributed by atoms with van der Waals surface area (Å²) in [6, 6.07) is 0. The van der Waals surface area contributed by atoms with Gasteiger partial charge in [-0.25, -0.2) is 5.53 Å². The van der Waals surface area contributed by atoms with Gasteiger partial charge < -0.3 is 0 Å². The zero-order valence-corrected chi connectivity index (χ0v) is 4.94. The number of nitrogens with one attached hydrogen (secondary N) is 1. The van der Waals surface area contributed by atoms with Gasteiger partial charge in [0.2, 0.25) is 0 Å². The van der Waals surface area contributed by atoms with E-state index in [1.807, 2.05) is 0 Å². The molecule has 0 aliphatic rings. The van der Waals surface area contributed by atoms with E-state index >= 15 is 0 Å². The smallest absolute Gasteiger partial charge is 0.0621 e. The van der Waals surface area contributed by atoms with Crippen LogP contribution in [-0.2, 0) is 0 Å². The lowest BCUT2D eigenvalue weighted by molar-refractivity contribution is 0.558. The van der Waals surface area contributed by atoms with Crippen LogP contribution in [0.5, 0.6) is 0 Å². The van der Waals surface area contributed by atoms with Gasteiger partial charge in [0.05, 0.1) is 6.54 Å².